The molecule has 130 valence electrons. The summed E-state index contributed by atoms with van der Waals surface area (Å²) in [5.41, 5.74) is 2.60. The van der Waals surface area contributed by atoms with Crippen LogP contribution in [0.15, 0.2) is 71.2 Å². The molecule has 25 heavy (non-hydrogen) atoms. The maximum atomic E-state index is 12.5. The van der Waals surface area contributed by atoms with Crippen molar-refractivity contribution < 1.29 is 9.53 Å². The fourth-order valence-corrected chi connectivity index (χ4v) is 3.56. The third-order valence-electron chi connectivity index (χ3n) is 4.46. The summed E-state index contributed by atoms with van der Waals surface area (Å²) in [6.07, 6.45) is 1.19. The topological polar surface area (TPSA) is 29.5 Å². The van der Waals surface area contributed by atoms with Gasteiger partial charge < -0.3 is 9.64 Å². The number of nitrogens with zero attached hydrogens (tertiary/aromatic N) is 1. The molecule has 0 aliphatic carbocycles. The minimum atomic E-state index is -0.635. The highest BCUT2D eigenvalue weighted by Crippen LogP contribution is 2.38. The number of hydrogen-bond acceptors (Lipinski definition) is 2. The molecule has 1 aliphatic heterocycles. The normalized spacial score (nSPS) is 19.8. The number of carbonyl (C=O) groups is 1. The monoisotopic (exact) mass is 399 g/mol. The maximum Gasteiger partial charge on any atom is 0.410 e. The molecule has 1 unspecified atom stereocenters. The van der Waals surface area contributed by atoms with Gasteiger partial charge in [0.05, 0.1) is 6.54 Å². The molecule has 4 heteroatoms. The summed E-state index contributed by atoms with van der Waals surface area (Å²) >= 11 is 3.44. The average Bonchev–Trinajstić information content (AvgIpc) is 2.91. The zero-order valence-corrected chi connectivity index (χ0v) is 16.0. The Balaban J connectivity index is 1.76. The summed E-state index contributed by atoms with van der Waals surface area (Å²) in [6, 6.07) is 18.2. The van der Waals surface area contributed by atoms with Crippen molar-refractivity contribution in [3.05, 3.63) is 82.3 Å². The summed E-state index contributed by atoms with van der Waals surface area (Å²) in [6.45, 7) is 7.20. The second-order valence-corrected chi connectivity index (χ2v) is 7.58. The fourth-order valence-electron chi connectivity index (χ4n) is 3.30. The molecule has 2 aromatic rings. The van der Waals surface area contributed by atoms with Crippen LogP contribution in [-0.4, -0.2) is 24.1 Å². The van der Waals surface area contributed by atoms with E-state index in [-0.39, 0.29) is 6.09 Å². The van der Waals surface area contributed by atoms with Crippen LogP contribution >= 0.6 is 15.9 Å². The molecule has 0 N–H and O–H groups in total. The van der Waals surface area contributed by atoms with Crippen LogP contribution in [0.3, 0.4) is 0 Å². The number of cyclic esters (lactones) is 1. The number of benzene rings is 2. The van der Waals surface area contributed by atoms with Gasteiger partial charge in [-0.2, -0.15) is 0 Å². The molecule has 0 radical (unpaired) electrons. The first kappa shape index (κ1) is 17.7. The van der Waals surface area contributed by atoms with Crippen LogP contribution < -0.4 is 0 Å². The van der Waals surface area contributed by atoms with E-state index in [1.165, 1.54) is 5.56 Å². The van der Waals surface area contributed by atoms with Crippen molar-refractivity contribution in [1.82, 2.24) is 4.90 Å². The van der Waals surface area contributed by atoms with Crippen molar-refractivity contribution in [3.8, 4) is 0 Å². The molecule has 1 saturated heterocycles. The molecule has 1 heterocycles. The first-order valence-electron chi connectivity index (χ1n) is 8.41. The Morgan fingerprint density at radius 1 is 1.20 bits per heavy atom. The Labute approximate surface area is 157 Å². The van der Waals surface area contributed by atoms with Gasteiger partial charge in [0.2, 0.25) is 0 Å². The van der Waals surface area contributed by atoms with Crippen LogP contribution in [0.2, 0.25) is 0 Å². The smallest absolute Gasteiger partial charge is 0.410 e. The molecular formula is C21H22BrNO2. The van der Waals surface area contributed by atoms with E-state index in [0.717, 1.165) is 22.0 Å². The molecule has 3 nitrogen and oxygen atoms in total. The second kappa shape index (κ2) is 7.44. The lowest BCUT2D eigenvalue weighted by Crippen LogP contribution is -2.33. The van der Waals surface area contributed by atoms with Gasteiger partial charge in [0, 0.05) is 17.4 Å². The third kappa shape index (κ3) is 4.13. The summed E-state index contributed by atoms with van der Waals surface area (Å²) in [4.78, 5) is 14.3. The molecule has 1 amide bonds. The Morgan fingerprint density at radius 2 is 1.88 bits per heavy atom. The van der Waals surface area contributed by atoms with Crippen LogP contribution in [0.4, 0.5) is 4.79 Å². The van der Waals surface area contributed by atoms with Gasteiger partial charge in [-0.05, 0) is 36.6 Å². The molecular weight excluding hydrogens is 378 g/mol. The minimum Gasteiger partial charge on any atom is -0.436 e. The number of halogens is 1. The van der Waals surface area contributed by atoms with Crippen LogP contribution in [0.1, 0.15) is 24.5 Å². The minimum absolute atomic E-state index is 0.248. The fraction of sp³-hybridized carbons (Fsp3) is 0.286. The van der Waals surface area contributed by atoms with Gasteiger partial charge >= 0.3 is 6.09 Å². The van der Waals surface area contributed by atoms with Crippen molar-refractivity contribution in [2.45, 2.75) is 25.4 Å². The number of ether oxygens (including phenoxy) is 1. The number of amides is 1. The van der Waals surface area contributed by atoms with E-state index in [2.05, 4.69) is 34.6 Å². The molecule has 1 fully saturated rings. The van der Waals surface area contributed by atoms with Gasteiger partial charge in [0.1, 0.15) is 0 Å². The van der Waals surface area contributed by atoms with Gasteiger partial charge in [-0.15, -0.1) is 0 Å². The molecule has 0 spiro atoms. The Bertz CT molecular complexity index is 757. The number of hydrogen-bond donors (Lipinski definition) is 0. The van der Waals surface area contributed by atoms with Gasteiger partial charge in [-0.1, -0.05) is 70.5 Å². The van der Waals surface area contributed by atoms with Crippen LogP contribution in [0.5, 0.6) is 0 Å². The van der Waals surface area contributed by atoms with Gasteiger partial charge in [0.15, 0.2) is 5.60 Å². The van der Waals surface area contributed by atoms with E-state index in [0.29, 0.717) is 19.5 Å². The predicted octanol–water partition coefficient (Wildman–Crippen LogP) is 5.31. The van der Waals surface area contributed by atoms with E-state index >= 15 is 0 Å². The molecule has 0 saturated carbocycles. The standard InChI is InChI=1S/C21H22BrNO2/c1-16(2)14-21(18-6-4-3-5-7-18)15-23(20(24)25-21)13-12-17-8-10-19(22)11-9-17/h3-11H,1,12-15H2,2H3. The van der Waals surface area contributed by atoms with Crippen molar-refractivity contribution in [2.75, 3.05) is 13.1 Å². The van der Waals surface area contributed by atoms with Crippen molar-refractivity contribution in [2.24, 2.45) is 0 Å². The highest BCUT2D eigenvalue weighted by atomic mass is 79.9. The summed E-state index contributed by atoms with van der Waals surface area (Å²) in [7, 11) is 0. The lowest BCUT2D eigenvalue weighted by molar-refractivity contribution is 0.0547. The van der Waals surface area contributed by atoms with Crippen molar-refractivity contribution in [1.29, 1.82) is 0 Å². The summed E-state index contributed by atoms with van der Waals surface area (Å²) < 4.78 is 6.94. The molecule has 2 aromatic carbocycles. The van der Waals surface area contributed by atoms with E-state index in [1.807, 2.05) is 49.4 Å². The van der Waals surface area contributed by atoms with Gasteiger partial charge in [-0.25, -0.2) is 4.79 Å². The highest BCUT2D eigenvalue weighted by molar-refractivity contribution is 9.10. The van der Waals surface area contributed by atoms with E-state index in [9.17, 15) is 4.79 Å². The zero-order chi connectivity index (χ0) is 17.9. The highest BCUT2D eigenvalue weighted by Gasteiger charge is 2.46. The SMILES string of the molecule is C=C(C)CC1(c2ccccc2)CN(CCc2ccc(Br)cc2)C(=O)O1. The van der Waals surface area contributed by atoms with Crippen LogP contribution in [-0.2, 0) is 16.8 Å². The molecule has 1 aliphatic rings. The van der Waals surface area contributed by atoms with Gasteiger partial charge in [0.25, 0.3) is 0 Å². The lowest BCUT2D eigenvalue weighted by Gasteiger charge is -2.27. The van der Waals surface area contributed by atoms with E-state index in [1.54, 1.807) is 4.90 Å². The number of rotatable bonds is 6. The summed E-state index contributed by atoms with van der Waals surface area (Å²) in [5, 5.41) is 0. The molecule has 0 bridgehead atoms. The average molecular weight is 400 g/mol. The van der Waals surface area contributed by atoms with Crippen molar-refractivity contribution >= 4 is 22.0 Å². The maximum absolute atomic E-state index is 12.5. The Morgan fingerprint density at radius 3 is 2.52 bits per heavy atom. The predicted molar refractivity (Wildman–Crippen MR) is 103 cm³/mol. The zero-order valence-electron chi connectivity index (χ0n) is 14.4. The Kier molecular flexibility index (Phi) is 5.28. The molecule has 3 rings (SSSR count). The van der Waals surface area contributed by atoms with Gasteiger partial charge in [-0.3, -0.25) is 0 Å². The third-order valence-corrected chi connectivity index (χ3v) is 4.99. The van der Waals surface area contributed by atoms with Crippen molar-refractivity contribution in [3.63, 3.8) is 0 Å². The summed E-state index contributed by atoms with van der Waals surface area (Å²) in [5.74, 6) is 0. The molecule has 1 atom stereocenters. The largest absolute Gasteiger partial charge is 0.436 e. The van der Waals surface area contributed by atoms with Crippen LogP contribution in [0, 0.1) is 0 Å². The first-order chi connectivity index (χ1) is 12.0. The van der Waals surface area contributed by atoms with E-state index < -0.39 is 5.60 Å². The quantitative estimate of drug-likeness (QED) is 0.616. The number of carbonyl (C=O) groups excluding carboxylic acids is 1. The lowest BCUT2D eigenvalue weighted by atomic mass is 9.87. The molecule has 0 aromatic heterocycles. The second-order valence-electron chi connectivity index (χ2n) is 6.66. The van der Waals surface area contributed by atoms with E-state index in [4.69, 9.17) is 4.74 Å². The first-order valence-corrected chi connectivity index (χ1v) is 9.20. The van der Waals surface area contributed by atoms with Crippen LogP contribution in [0.25, 0.3) is 0 Å². The Hall–Kier alpha value is -2.07.